The molecule has 0 radical (unpaired) electrons. The highest BCUT2D eigenvalue weighted by Crippen LogP contribution is 1.40. The van der Waals surface area contributed by atoms with Crippen LogP contribution in [0.5, 0.6) is 0 Å². The summed E-state index contributed by atoms with van der Waals surface area (Å²) in [6.07, 6.45) is 1.65. The van der Waals surface area contributed by atoms with E-state index in [0.29, 0.717) is 6.54 Å². The van der Waals surface area contributed by atoms with Crippen LogP contribution in [-0.4, -0.2) is 6.54 Å². The van der Waals surface area contributed by atoms with Gasteiger partial charge in [0.25, 0.3) is 0 Å². The van der Waals surface area contributed by atoms with Gasteiger partial charge in [-0.2, -0.15) is 11.8 Å². The summed E-state index contributed by atoms with van der Waals surface area (Å²) < 4.78 is 0. The van der Waals surface area contributed by atoms with Crippen molar-refractivity contribution in [3.05, 3.63) is 12.7 Å². The van der Waals surface area contributed by atoms with Gasteiger partial charge in [0.1, 0.15) is 0 Å². The standard InChI is InChI=1S/C3H7N.H4N2O/c1-2-3-4;1-3-2/h2H,1,3-4H2;1-2H2. The van der Waals surface area contributed by atoms with Crippen molar-refractivity contribution in [3.8, 4) is 0 Å². The van der Waals surface area contributed by atoms with E-state index in [0.717, 1.165) is 0 Å². The molecule has 0 aromatic carbocycles. The van der Waals surface area contributed by atoms with E-state index in [9.17, 15) is 0 Å². The van der Waals surface area contributed by atoms with Crippen LogP contribution in [0.4, 0.5) is 0 Å². The normalized spacial score (nSPS) is 6.14. The molecule has 7 heavy (non-hydrogen) atoms. The molecule has 0 saturated heterocycles. The lowest BCUT2D eigenvalue weighted by Crippen LogP contribution is -2.03. The fraction of sp³-hybridized carbons (Fsp3) is 0.333. The van der Waals surface area contributed by atoms with E-state index in [1.54, 1.807) is 6.08 Å². The molecule has 0 aromatic heterocycles. The van der Waals surface area contributed by atoms with Crippen LogP contribution in [0.3, 0.4) is 0 Å². The van der Waals surface area contributed by atoms with E-state index in [-0.39, 0.29) is 0 Å². The lowest BCUT2D eigenvalue weighted by Gasteiger charge is -1.62. The number of hydrogen-bond donors (Lipinski definition) is 3. The molecule has 0 fully saturated rings. The Kier molecular flexibility index (Phi) is 24.5. The zero-order valence-electron chi connectivity index (χ0n) is 4.13. The highest BCUT2D eigenvalue weighted by atomic mass is 16.7. The average molecular weight is 105 g/mol. The quantitative estimate of drug-likeness (QED) is 0.291. The second-order valence-corrected chi connectivity index (χ2v) is 0.660. The van der Waals surface area contributed by atoms with Crippen LogP contribution in [0.2, 0.25) is 0 Å². The molecular weight excluding hydrogens is 94.1 g/mol. The van der Waals surface area contributed by atoms with Crippen molar-refractivity contribution in [2.24, 2.45) is 17.5 Å². The molecule has 0 bridgehead atoms. The van der Waals surface area contributed by atoms with Gasteiger partial charge in [0.2, 0.25) is 0 Å². The molecule has 0 aromatic rings. The van der Waals surface area contributed by atoms with Crippen LogP contribution >= 0.6 is 0 Å². The Morgan fingerprint density at radius 2 is 1.71 bits per heavy atom. The van der Waals surface area contributed by atoms with Crippen LogP contribution < -0.4 is 17.5 Å². The smallest absolute Gasteiger partial charge is 0.0104 e. The summed E-state index contributed by atoms with van der Waals surface area (Å²) >= 11 is 0. The zero-order valence-corrected chi connectivity index (χ0v) is 4.13. The summed E-state index contributed by atoms with van der Waals surface area (Å²) in [5.41, 5.74) is 4.91. The SMILES string of the molecule is C=CCN.NON. The molecule has 4 nitrogen and oxygen atoms in total. The molecule has 0 unspecified atom stereocenters. The molecule has 0 aliphatic carbocycles. The third-order valence-corrected chi connectivity index (χ3v) is 0.167. The van der Waals surface area contributed by atoms with Crippen molar-refractivity contribution < 1.29 is 4.94 Å². The highest BCUT2D eigenvalue weighted by molar-refractivity contribution is 4.64. The number of nitrogens with two attached hydrogens (primary N) is 3. The van der Waals surface area contributed by atoms with Crippen LogP contribution in [0.15, 0.2) is 12.7 Å². The Balaban J connectivity index is 0. The second-order valence-electron chi connectivity index (χ2n) is 0.660. The van der Waals surface area contributed by atoms with Crippen LogP contribution in [-0.2, 0) is 4.94 Å². The van der Waals surface area contributed by atoms with Crippen molar-refractivity contribution in [1.82, 2.24) is 0 Å². The first-order chi connectivity index (χ1) is 3.33. The minimum Gasteiger partial charge on any atom is -0.327 e. The predicted molar refractivity (Wildman–Crippen MR) is 28.7 cm³/mol. The molecule has 0 atom stereocenters. The Morgan fingerprint density at radius 3 is 1.71 bits per heavy atom. The van der Waals surface area contributed by atoms with Crippen molar-refractivity contribution in [3.63, 3.8) is 0 Å². The van der Waals surface area contributed by atoms with Crippen molar-refractivity contribution in [2.45, 2.75) is 0 Å². The van der Waals surface area contributed by atoms with Crippen molar-refractivity contribution in [2.75, 3.05) is 6.54 Å². The monoisotopic (exact) mass is 105 g/mol. The first-order valence-electron chi connectivity index (χ1n) is 1.70. The molecule has 6 N–H and O–H groups in total. The van der Waals surface area contributed by atoms with Gasteiger partial charge in [-0.3, -0.25) is 0 Å². The molecule has 0 amide bonds. The van der Waals surface area contributed by atoms with E-state index in [4.69, 9.17) is 5.73 Å². The topological polar surface area (TPSA) is 87.3 Å². The Morgan fingerprint density at radius 1 is 1.57 bits per heavy atom. The minimum atomic E-state index is 0.583. The Bertz CT molecular complexity index is 31.4. The Labute approximate surface area is 42.8 Å². The molecule has 44 valence electrons. The molecule has 0 spiro atoms. The number of rotatable bonds is 1. The maximum absolute atomic E-state index is 4.91. The predicted octanol–water partition coefficient (Wildman–Crippen LogP) is -1.12. The van der Waals surface area contributed by atoms with Gasteiger partial charge in [-0.05, 0) is 0 Å². The molecule has 0 aliphatic heterocycles. The lowest BCUT2D eigenvalue weighted by molar-refractivity contribution is 0.142. The van der Waals surface area contributed by atoms with Crippen LogP contribution in [0, 0.1) is 0 Å². The van der Waals surface area contributed by atoms with Gasteiger partial charge in [-0.15, -0.1) is 6.58 Å². The van der Waals surface area contributed by atoms with Gasteiger partial charge in [-0.1, -0.05) is 6.08 Å². The summed E-state index contributed by atoms with van der Waals surface area (Å²) in [7, 11) is 0. The fourth-order valence-corrected chi connectivity index (χ4v) is 0. The van der Waals surface area contributed by atoms with E-state index in [1.807, 2.05) is 0 Å². The van der Waals surface area contributed by atoms with Gasteiger partial charge in [0.15, 0.2) is 0 Å². The van der Waals surface area contributed by atoms with Gasteiger partial charge in [-0.25, -0.2) is 4.94 Å². The molecule has 0 heterocycles. The summed E-state index contributed by atoms with van der Waals surface area (Å²) in [4.78, 5) is 3.25. The van der Waals surface area contributed by atoms with Gasteiger partial charge in [0.05, 0.1) is 0 Å². The molecule has 0 aliphatic rings. The van der Waals surface area contributed by atoms with Crippen molar-refractivity contribution >= 4 is 0 Å². The number of hydrogen-bond acceptors (Lipinski definition) is 4. The lowest BCUT2D eigenvalue weighted by atomic mass is 10.7. The molecule has 0 rings (SSSR count). The third-order valence-electron chi connectivity index (χ3n) is 0.167. The zero-order chi connectivity index (χ0) is 6.12. The van der Waals surface area contributed by atoms with E-state index < -0.39 is 0 Å². The summed E-state index contributed by atoms with van der Waals surface area (Å²) in [5.74, 6) is 8.25. The van der Waals surface area contributed by atoms with Gasteiger partial charge < -0.3 is 5.73 Å². The average Bonchev–Trinajstić information content (AvgIpc) is 1.69. The maximum atomic E-state index is 4.91. The summed E-state index contributed by atoms with van der Waals surface area (Å²) in [5, 5.41) is 0. The highest BCUT2D eigenvalue weighted by Gasteiger charge is 1.43. The van der Waals surface area contributed by atoms with Crippen LogP contribution in [0.1, 0.15) is 0 Å². The van der Waals surface area contributed by atoms with E-state index >= 15 is 0 Å². The maximum Gasteiger partial charge on any atom is 0.0104 e. The Hall–Kier alpha value is -0.420. The second kappa shape index (κ2) is 17.6. The fourth-order valence-electron chi connectivity index (χ4n) is 0. The van der Waals surface area contributed by atoms with E-state index in [1.165, 1.54) is 0 Å². The summed E-state index contributed by atoms with van der Waals surface area (Å²) in [6.45, 7) is 3.94. The summed E-state index contributed by atoms with van der Waals surface area (Å²) in [6, 6.07) is 0. The third kappa shape index (κ3) is 213. The minimum absolute atomic E-state index is 0.583. The molecule has 0 saturated carbocycles. The van der Waals surface area contributed by atoms with Gasteiger partial charge in [0, 0.05) is 6.54 Å². The van der Waals surface area contributed by atoms with Crippen molar-refractivity contribution in [1.29, 1.82) is 0 Å². The molecule has 4 heteroatoms. The first-order valence-corrected chi connectivity index (χ1v) is 1.70. The van der Waals surface area contributed by atoms with Crippen LogP contribution in [0.25, 0.3) is 0 Å². The largest absolute Gasteiger partial charge is 0.327 e. The van der Waals surface area contributed by atoms with Gasteiger partial charge >= 0.3 is 0 Å². The first kappa shape index (κ1) is 9.77. The molecular formula is C3H11N3O. The van der Waals surface area contributed by atoms with E-state index in [2.05, 4.69) is 23.3 Å².